The summed E-state index contributed by atoms with van der Waals surface area (Å²) in [5, 5.41) is 3.41. The average molecular weight is 207 g/mol. The molecule has 1 aromatic heterocycles. The summed E-state index contributed by atoms with van der Waals surface area (Å²) in [5.41, 5.74) is 6.69. The quantitative estimate of drug-likeness (QED) is 0.774. The number of hydrogen-bond donors (Lipinski definition) is 2. The second-order valence-corrected chi connectivity index (χ2v) is 3.98. The third-order valence-corrected chi connectivity index (χ3v) is 2.68. The van der Waals surface area contributed by atoms with Crippen LogP contribution in [-0.2, 0) is 4.74 Å². The van der Waals surface area contributed by atoms with Gasteiger partial charge in [-0.3, -0.25) is 0 Å². The van der Waals surface area contributed by atoms with Gasteiger partial charge in [0.15, 0.2) is 0 Å². The van der Waals surface area contributed by atoms with Crippen molar-refractivity contribution in [1.82, 2.24) is 4.98 Å². The smallest absolute Gasteiger partial charge is 0.146 e. The summed E-state index contributed by atoms with van der Waals surface area (Å²) in [4.78, 5) is 4.05. The molecular weight excluding hydrogens is 190 g/mol. The van der Waals surface area contributed by atoms with E-state index in [2.05, 4.69) is 17.2 Å². The first-order valence-electron chi connectivity index (χ1n) is 5.34. The number of pyridine rings is 1. The fraction of sp³-hybridized carbons (Fsp3) is 0.545. The van der Waals surface area contributed by atoms with E-state index in [1.165, 1.54) is 0 Å². The first kappa shape index (κ1) is 10.2. The first-order valence-corrected chi connectivity index (χ1v) is 5.34. The zero-order valence-electron chi connectivity index (χ0n) is 8.94. The number of nitrogens with two attached hydrogens (primary N) is 1. The van der Waals surface area contributed by atoms with Gasteiger partial charge in [0.2, 0.25) is 0 Å². The van der Waals surface area contributed by atoms with Crippen LogP contribution in [0, 0.1) is 0 Å². The zero-order chi connectivity index (χ0) is 10.7. The molecule has 0 spiro atoms. The number of anilines is 2. The summed E-state index contributed by atoms with van der Waals surface area (Å²) in [6.07, 6.45) is 4.08. The molecule has 2 rings (SSSR count). The Labute approximate surface area is 89.8 Å². The van der Waals surface area contributed by atoms with E-state index in [4.69, 9.17) is 10.5 Å². The van der Waals surface area contributed by atoms with Crippen LogP contribution in [0.5, 0.6) is 0 Å². The van der Waals surface area contributed by atoms with E-state index in [9.17, 15) is 0 Å². The highest BCUT2D eigenvalue weighted by molar-refractivity contribution is 5.61. The molecule has 4 heteroatoms. The van der Waals surface area contributed by atoms with Gasteiger partial charge in [0.05, 0.1) is 11.8 Å². The fourth-order valence-electron chi connectivity index (χ4n) is 1.89. The molecule has 2 unspecified atom stereocenters. The van der Waals surface area contributed by atoms with Gasteiger partial charge in [-0.15, -0.1) is 0 Å². The Morgan fingerprint density at radius 3 is 3.20 bits per heavy atom. The van der Waals surface area contributed by atoms with Crippen molar-refractivity contribution < 1.29 is 4.74 Å². The van der Waals surface area contributed by atoms with Gasteiger partial charge in [0, 0.05) is 18.8 Å². The van der Waals surface area contributed by atoms with Crippen LogP contribution < -0.4 is 11.1 Å². The van der Waals surface area contributed by atoms with Crippen molar-refractivity contribution in [2.75, 3.05) is 17.7 Å². The van der Waals surface area contributed by atoms with Crippen LogP contribution in [0.15, 0.2) is 18.3 Å². The minimum atomic E-state index is 0.328. The summed E-state index contributed by atoms with van der Waals surface area (Å²) < 4.78 is 5.49. The molecule has 0 saturated carbocycles. The van der Waals surface area contributed by atoms with Crippen molar-refractivity contribution in [1.29, 1.82) is 0 Å². The molecule has 1 fully saturated rings. The fourth-order valence-corrected chi connectivity index (χ4v) is 1.89. The molecule has 4 nitrogen and oxygen atoms in total. The number of aromatic nitrogens is 1. The number of ether oxygens (including phenoxy) is 1. The molecule has 1 aromatic rings. The van der Waals surface area contributed by atoms with Crippen molar-refractivity contribution in [2.24, 2.45) is 0 Å². The lowest BCUT2D eigenvalue weighted by Gasteiger charge is -2.28. The molecule has 15 heavy (non-hydrogen) atoms. The van der Waals surface area contributed by atoms with E-state index in [1.807, 2.05) is 12.1 Å². The normalized spacial score (nSPS) is 26.2. The molecule has 1 aliphatic heterocycles. The lowest BCUT2D eigenvalue weighted by atomic mass is 10.0. The zero-order valence-corrected chi connectivity index (χ0v) is 8.94. The molecule has 82 valence electrons. The van der Waals surface area contributed by atoms with Crippen LogP contribution in [0.25, 0.3) is 0 Å². The topological polar surface area (TPSA) is 60.2 Å². The van der Waals surface area contributed by atoms with Crippen molar-refractivity contribution in [3.8, 4) is 0 Å². The van der Waals surface area contributed by atoms with E-state index in [0.29, 0.717) is 18.0 Å². The number of nitrogens with zero attached hydrogens (tertiary/aromatic N) is 1. The van der Waals surface area contributed by atoms with Crippen LogP contribution in [-0.4, -0.2) is 23.7 Å². The van der Waals surface area contributed by atoms with Gasteiger partial charge < -0.3 is 15.8 Å². The maximum Gasteiger partial charge on any atom is 0.146 e. The van der Waals surface area contributed by atoms with Gasteiger partial charge in [0.1, 0.15) is 5.82 Å². The largest absolute Gasteiger partial charge is 0.382 e. The van der Waals surface area contributed by atoms with Crippen molar-refractivity contribution in [3.63, 3.8) is 0 Å². The monoisotopic (exact) mass is 207 g/mol. The van der Waals surface area contributed by atoms with E-state index >= 15 is 0 Å². The molecule has 0 bridgehead atoms. The SMILES string of the molecule is CC1CC(Nc2cccnc2N)CCO1. The second kappa shape index (κ2) is 4.49. The van der Waals surface area contributed by atoms with E-state index in [0.717, 1.165) is 25.1 Å². The minimum absolute atomic E-state index is 0.328. The predicted octanol–water partition coefficient (Wildman–Crippen LogP) is 1.64. The Morgan fingerprint density at radius 1 is 1.60 bits per heavy atom. The molecular formula is C11H17N3O. The average Bonchev–Trinajstić information content (AvgIpc) is 2.22. The summed E-state index contributed by atoms with van der Waals surface area (Å²) in [6.45, 7) is 2.92. The van der Waals surface area contributed by atoms with E-state index < -0.39 is 0 Å². The third kappa shape index (κ3) is 2.59. The Hall–Kier alpha value is -1.29. The summed E-state index contributed by atoms with van der Waals surface area (Å²) in [7, 11) is 0. The van der Waals surface area contributed by atoms with Crippen molar-refractivity contribution in [2.45, 2.75) is 31.9 Å². The molecule has 0 aliphatic carbocycles. The van der Waals surface area contributed by atoms with Gasteiger partial charge in [-0.1, -0.05) is 0 Å². The molecule has 2 heterocycles. The number of rotatable bonds is 2. The number of nitrogens with one attached hydrogen (secondary N) is 1. The lowest BCUT2D eigenvalue weighted by molar-refractivity contribution is 0.0232. The third-order valence-electron chi connectivity index (χ3n) is 2.68. The summed E-state index contributed by atoms with van der Waals surface area (Å²) >= 11 is 0. The molecule has 2 atom stereocenters. The van der Waals surface area contributed by atoms with Crippen molar-refractivity contribution >= 4 is 11.5 Å². The van der Waals surface area contributed by atoms with Crippen LogP contribution in [0.3, 0.4) is 0 Å². The minimum Gasteiger partial charge on any atom is -0.382 e. The van der Waals surface area contributed by atoms with Crippen LogP contribution >= 0.6 is 0 Å². The predicted molar refractivity (Wildman–Crippen MR) is 60.7 cm³/mol. The van der Waals surface area contributed by atoms with Crippen molar-refractivity contribution in [3.05, 3.63) is 18.3 Å². The Balaban J connectivity index is 1.99. The molecule has 1 saturated heterocycles. The lowest BCUT2D eigenvalue weighted by Crippen LogP contribution is -2.32. The van der Waals surface area contributed by atoms with Gasteiger partial charge >= 0.3 is 0 Å². The standard InChI is InChI=1S/C11H17N3O/c1-8-7-9(4-6-15-8)14-10-3-2-5-13-11(10)12/h2-3,5,8-9,14H,4,6-7H2,1H3,(H2,12,13). The molecule has 0 aromatic carbocycles. The second-order valence-electron chi connectivity index (χ2n) is 3.98. The number of hydrogen-bond acceptors (Lipinski definition) is 4. The van der Waals surface area contributed by atoms with Crippen LogP contribution in [0.2, 0.25) is 0 Å². The van der Waals surface area contributed by atoms with Gasteiger partial charge in [-0.2, -0.15) is 0 Å². The highest BCUT2D eigenvalue weighted by atomic mass is 16.5. The highest BCUT2D eigenvalue weighted by Gasteiger charge is 2.19. The van der Waals surface area contributed by atoms with Crippen LogP contribution in [0.4, 0.5) is 11.5 Å². The van der Waals surface area contributed by atoms with Gasteiger partial charge in [0.25, 0.3) is 0 Å². The Kier molecular flexibility index (Phi) is 3.06. The maximum atomic E-state index is 5.77. The summed E-state index contributed by atoms with van der Waals surface area (Å²) in [5.74, 6) is 0.566. The highest BCUT2D eigenvalue weighted by Crippen LogP contribution is 2.21. The van der Waals surface area contributed by atoms with E-state index in [-0.39, 0.29) is 0 Å². The molecule has 1 aliphatic rings. The van der Waals surface area contributed by atoms with E-state index in [1.54, 1.807) is 6.20 Å². The van der Waals surface area contributed by atoms with Gasteiger partial charge in [-0.25, -0.2) is 4.98 Å². The number of nitrogen functional groups attached to an aromatic ring is 1. The Bertz CT molecular complexity index is 329. The molecule has 0 amide bonds. The maximum absolute atomic E-state index is 5.77. The Morgan fingerprint density at radius 2 is 2.47 bits per heavy atom. The first-order chi connectivity index (χ1) is 7.25. The van der Waals surface area contributed by atoms with Crippen LogP contribution in [0.1, 0.15) is 19.8 Å². The molecule has 0 radical (unpaired) electrons. The van der Waals surface area contributed by atoms with Gasteiger partial charge in [-0.05, 0) is 31.9 Å². The summed E-state index contributed by atoms with van der Waals surface area (Å²) in [6, 6.07) is 4.30. The molecule has 3 N–H and O–H groups in total.